The Morgan fingerprint density at radius 1 is 1.20 bits per heavy atom. The molecule has 9 heteroatoms. The van der Waals surface area contributed by atoms with Crippen molar-refractivity contribution in [2.45, 2.75) is 37.8 Å². The molecular weight excluding hydrogens is 342 g/mol. The van der Waals surface area contributed by atoms with Crippen LogP contribution in [0.4, 0.5) is 0 Å². The Morgan fingerprint density at radius 3 is 2.56 bits per heavy atom. The minimum Gasteiger partial charge on any atom is -0.332 e. The van der Waals surface area contributed by atoms with E-state index in [0.29, 0.717) is 22.7 Å². The fourth-order valence-electron chi connectivity index (χ4n) is 3.14. The summed E-state index contributed by atoms with van der Waals surface area (Å²) in [6.07, 6.45) is 1.37. The number of nitrogens with one attached hydrogen (secondary N) is 1. The Hall–Kier alpha value is -2.26. The first kappa shape index (κ1) is 17.6. The molecule has 0 radical (unpaired) electrons. The van der Waals surface area contributed by atoms with Crippen LogP contribution >= 0.6 is 0 Å². The molecule has 1 saturated heterocycles. The van der Waals surface area contributed by atoms with E-state index >= 15 is 0 Å². The molecule has 25 heavy (non-hydrogen) atoms. The molecule has 1 fully saturated rings. The van der Waals surface area contributed by atoms with Gasteiger partial charge in [0.05, 0.1) is 11.1 Å². The zero-order valence-corrected chi connectivity index (χ0v) is 15.2. The van der Waals surface area contributed by atoms with Crippen LogP contribution in [-0.2, 0) is 10.0 Å². The second-order valence-corrected chi connectivity index (χ2v) is 8.22. The first-order valence-corrected chi connectivity index (χ1v) is 9.51. The van der Waals surface area contributed by atoms with Crippen LogP contribution in [0.1, 0.15) is 29.9 Å². The van der Waals surface area contributed by atoms with Crippen LogP contribution in [0.2, 0.25) is 0 Å². The number of piperazine rings is 1. The van der Waals surface area contributed by atoms with E-state index in [1.165, 1.54) is 10.5 Å². The lowest BCUT2D eigenvalue weighted by Crippen LogP contribution is -2.59. The van der Waals surface area contributed by atoms with E-state index in [2.05, 4.69) is 15.4 Å². The Morgan fingerprint density at radius 2 is 1.92 bits per heavy atom. The standard InChI is InChI=1S/C16H21N5O3S/c1-11-6-4-5-7-15(11)25(23,24)21-10-12(2)20(9-13(21)3)16(22)14-8-17-19-18-14/h4-8,12-13H,9-10H2,1-3H3,(H,17,18,19)/t12-,13+/m0/s1. The topological polar surface area (TPSA) is 99.3 Å². The molecule has 1 aromatic heterocycles. The number of aryl methyl sites for hydroxylation is 1. The maximum absolute atomic E-state index is 13.1. The van der Waals surface area contributed by atoms with Crippen molar-refractivity contribution in [1.82, 2.24) is 24.6 Å². The van der Waals surface area contributed by atoms with Crippen molar-refractivity contribution >= 4 is 15.9 Å². The minimum atomic E-state index is -3.61. The van der Waals surface area contributed by atoms with Gasteiger partial charge in [0, 0.05) is 25.2 Å². The summed E-state index contributed by atoms with van der Waals surface area (Å²) in [5.41, 5.74) is 1.01. The Balaban J connectivity index is 1.85. The number of nitrogens with zero attached hydrogens (tertiary/aromatic N) is 4. The molecule has 1 aromatic carbocycles. The number of carbonyl (C=O) groups is 1. The van der Waals surface area contributed by atoms with E-state index in [1.54, 1.807) is 30.0 Å². The van der Waals surface area contributed by atoms with Crippen molar-refractivity contribution in [1.29, 1.82) is 0 Å². The zero-order chi connectivity index (χ0) is 18.2. The smallest absolute Gasteiger partial charge is 0.273 e. The van der Waals surface area contributed by atoms with Crippen LogP contribution < -0.4 is 0 Å². The van der Waals surface area contributed by atoms with Crippen LogP contribution in [0.3, 0.4) is 0 Å². The number of carbonyl (C=O) groups excluding carboxylic acids is 1. The summed E-state index contributed by atoms with van der Waals surface area (Å²) < 4.78 is 27.6. The maximum Gasteiger partial charge on any atom is 0.273 e. The number of hydrogen-bond donors (Lipinski definition) is 1. The third-order valence-electron chi connectivity index (χ3n) is 4.52. The summed E-state index contributed by atoms with van der Waals surface area (Å²) in [7, 11) is -3.61. The lowest BCUT2D eigenvalue weighted by molar-refractivity contribution is 0.0501. The molecule has 0 saturated carbocycles. The van der Waals surface area contributed by atoms with Gasteiger partial charge >= 0.3 is 0 Å². The number of aromatic amines is 1. The van der Waals surface area contributed by atoms with E-state index < -0.39 is 10.0 Å². The Labute approximate surface area is 146 Å². The molecule has 0 spiro atoms. The number of H-pyrrole nitrogens is 1. The normalized spacial score (nSPS) is 22.1. The zero-order valence-electron chi connectivity index (χ0n) is 14.4. The van der Waals surface area contributed by atoms with Gasteiger partial charge in [-0.2, -0.15) is 4.31 Å². The summed E-state index contributed by atoms with van der Waals surface area (Å²) >= 11 is 0. The predicted molar refractivity (Wildman–Crippen MR) is 91.4 cm³/mol. The second-order valence-electron chi connectivity index (χ2n) is 6.37. The quantitative estimate of drug-likeness (QED) is 0.878. The largest absolute Gasteiger partial charge is 0.332 e. The molecule has 3 rings (SSSR count). The second kappa shape index (κ2) is 6.57. The summed E-state index contributed by atoms with van der Waals surface area (Å²) in [6.45, 7) is 5.99. The van der Waals surface area contributed by atoms with Gasteiger partial charge in [0.2, 0.25) is 10.0 Å². The van der Waals surface area contributed by atoms with E-state index in [4.69, 9.17) is 0 Å². The van der Waals surface area contributed by atoms with Crippen molar-refractivity contribution in [3.63, 3.8) is 0 Å². The van der Waals surface area contributed by atoms with Gasteiger partial charge in [-0.3, -0.25) is 9.89 Å². The maximum atomic E-state index is 13.1. The molecule has 2 atom stereocenters. The summed E-state index contributed by atoms with van der Waals surface area (Å²) in [5.74, 6) is -0.225. The highest BCUT2D eigenvalue weighted by atomic mass is 32.2. The van der Waals surface area contributed by atoms with Crippen LogP contribution in [0.25, 0.3) is 0 Å². The number of benzene rings is 1. The Kier molecular flexibility index (Phi) is 4.61. The van der Waals surface area contributed by atoms with Gasteiger partial charge in [-0.1, -0.05) is 23.4 Å². The highest BCUT2D eigenvalue weighted by molar-refractivity contribution is 7.89. The van der Waals surface area contributed by atoms with Crippen molar-refractivity contribution in [3.05, 3.63) is 41.7 Å². The first-order valence-electron chi connectivity index (χ1n) is 8.07. The average molecular weight is 363 g/mol. The molecule has 0 aliphatic carbocycles. The average Bonchev–Trinajstić information content (AvgIpc) is 3.10. The summed E-state index contributed by atoms with van der Waals surface area (Å²) in [5, 5.41) is 9.74. The van der Waals surface area contributed by atoms with Gasteiger partial charge in [-0.15, -0.1) is 5.10 Å². The number of rotatable bonds is 3. The van der Waals surface area contributed by atoms with Crippen LogP contribution in [0.5, 0.6) is 0 Å². The van der Waals surface area contributed by atoms with Gasteiger partial charge < -0.3 is 4.90 Å². The van der Waals surface area contributed by atoms with Gasteiger partial charge in [0.1, 0.15) is 5.69 Å². The number of aromatic nitrogens is 3. The van der Waals surface area contributed by atoms with E-state index in [9.17, 15) is 13.2 Å². The van der Waals surface area contributed by atoms with Crippen molar-refractivity contribution in [2.75, 3.05) is 13.1 Å². The third kappa shape index (κ3) is 3.16. The predicted octanol–water partition coefficient (Wildman–Crippen LogP) is 1.04. The minimum absolute atomic E-state index is 0.225. The molecule has 1 amide bonds. The molecule has 1 N–H and O–H groups in total. The highest BCUT2D eigenvalue weighted by Gasteiger charge is 2.39. The molecule has 1 aliphatic rings. The van der Waals surface area contributed by atoms with E-state index in [1.807, 2.05) is 19.9 Å². The first-order chi connectivity index (χ1) is 11.8. The lowest BCUT2D eigenvalue weighted by atomic mass is 10.1. The summed E-state index contributed by atoms with van der Waals surface area (Å²) in [6, 6.07) is 6.35. The molecule has 134 valence electrons. The van der Waals surface area contributed by atoms with Gasteiger partial charge in [-0.05, 0) is 32.4 Å². The highest BCUT2D eigenvalue weighted by Crippen LogP contribution is 2.26. The van der Waals surface area contributed by atoms with Crippen LogP contribution in [0, 0.1) is 6.92 Å². The lowest BCUT2D eigenvalue weighted by Gasteiger charge is -2.43. The fourth-order valence-corrected chi connectivity index (χ4v) is 5.07. The van der Waals surface area contributed by atoms with E-state index in [0.717, 1.165) is 0 Å². The molecule has 0 bridgehead atoms. The SMILES string of the molecule is Cc1ccccc1S(=O)(=O)N1C[C@H](C)N(C(=O)c2cnn[nH]2)C[C@H]1C. The Bertz CT molecular complexity index is 866. The van der Waals surface area contributed by atoms with Crippen molar-refractivity contribution in [3.8, 4) is 0 Å². The van der Waals surface area contributed by atoms with Gasteiger partial charge in [0.25, 0.3) is 5.91 Å². The van der Waals surface area contributed by atoms with Gasteiger partial charge in [-0.25, -0.2) is 8.42 Å². The molecule has 2 aromatic rings. The molecular formula is C16H21N5O3S. The molecule has 8 nitrogen and oxygen atoms in total. The van der Waals surface area contributed by atoms with Crippen LogP contribution in [0.15, 0.2) is 35.4 Å². The third-order valence-corrected chi connectivity index (χ3v) is 6.66. The number of hydrogen-bond acceptors (Lipinski definition) is 5. The monoisotopic (exact) mass is 363 g/mol. The van der Waals surface area contributed by atoms with Crippen molar-refractivity contribution < 1.29 is 13.2 Å². The van der Waals surface area contributed by atoms with E-state index in [-0.39, 0.29) is 24.5 Å². The molecule has 2 heterocycles. The van der Waals surface area contributed by atoms with Gasteiger partial charge in [0.15, 0.2) is 0 Å². The van der Waals surface area contributed by atoms with Crippen molar-refractivity contribution in [2.24, 2.45) is 0 Å². The molecule has 1 aliphatic heterocycles. The summed E-state index contributed by atoms with van der Waals surface area (Å²) in [4.78, 5) is 14.5. The number of amides is 1. The molecule has 0 unspecified atom stereocenters. The fraction of sp³-hybridized carbons (Fsp3) is 0.438. The van der Waals surface area contributed by atoms with Crippen LogP contribution in [-0.4, -0.2) is 64.1 Å². The number of sulfonamides is 1.